The molecule has 4 nitrogen and oxygen atoms in total. The van der Waals surface area contributed by atoms with Crippen LogP contribution in [0.15, 0.2) is 29.3 Å². The maximum Gasteiger partial charge on any atom is 0.309 e. The highest BCUT2D eigenvalue weighted by Crippen LogP contribution is 2.48. The Kier molecular flexibility index (Phi) is 4.19. The van der Waals surface area contributed by atoms with Crippen LogP contribution < -0.4 is 0 Å². The molecule has 1 aromatic rings. The summed E-state index contributed by atoms with van der Waals surface area (Å²) < 4.78 is 5.45. The number of carbonyl (C=O) groups excluding carboxylic acids is 1. The van der Waals surface area contributed by atoms with Crippen molar-refractivity contribution in [3.63, 3.8) is 0 Å². The zero-order valence-electron chi connectivity index (χ0n) is 12.2. The van der Waals surface area contributed by atoms with E-state index in [1.807, 2.05) is 20.3 Å². The highest BCUT2D eigenvalue weighted by Gasteiger charge is 2.45. The summed E-state index contributed by atoms with van der Waals surface area (Å²) in [5.74, 6) is 0.341. The van der Waals surface area contributed by atoms with Crippen molar-refractivity contribution in [1.82, 2.24) is 4.90 Å². The van der Waals surface area contributed by atoms with Gasteiger partial charge >= 0.3 is 5.97 Å². The fourth-order valence-electron chi connectivity index (χ4n) is 2.79. The molecular formula is C16H19IN2O2. The van der Waals surface area contributed by atoms with Crippen LogP contribution in [0.2, 0.25) is 0 Å². The van der Waals surface area contributed by atoms with Crippen LogP contribution in [0.5, 0.6) is 0 Å². The zero-order valence-corrected chi connectivity index (χ0v) is 14.4. The second-order valence-corrected chi connectivity index (χ2v) is 6.89. The number of aliphatic imine (C=N–C) groups is 1. The van der Waals surface area contributed by atoms with Crippen LogP contribution in [-0.4, -0.2) is 34.9 Å². The second-order valence-electron chi connectivity index (χ2n) is 5.61. The highest BCUT2D eigenvalue weighted by molar-refractivity contribution is 14.1. The molecule has 0 radical (unpaired) electrons. The smallest absolute Gasteiger partial charge is 0.309 e. The van der Waals surface area contributed by atoms with Crippen LogP contribution in [0, 0.1) is 5.92 Å². The molecule has 1 aliphatic carbocycles. The summed E-state index contributed by atoms with van der Waals surface area (Å²) in [5, 5.41) is 0. The first-order valence-corrected chi connectivity index (χ1v) is 8.52. The van der Waals surface area contributed by atoms with Gasteiger partial charge in [0.15, 0.2) is 0 Å². The predicted molar refractivity (Wildman–Crippen MR) is 90.7 cm³/mol. The number of esters is 1. The molecule has 1 fully saturated rings. The van der Waals surface area contributed by atoms with E-state index in [0.717, 1.165) is 6.42 Å². The second kappa shape index (κ2) is 5.94. The number of nitrogens with zero attached hydrogens (tertiary/aromatic N) is 2. The monoisotopic (exact) mass is 398 g/mol. The number of alkyl halides is 1. The molecule has 1 aliphatic heterocycles. The van der Waals surface area contributed by atoms with E-state index in [0.29, 0.717) is 16.6 Å². The van der Waals surface area contributed by atoms with Crippen LogP contribution in [-0.2, 0) is 9.53 Å². The van der Waals surface area contributed by atoms with Gasteiger partial charge in [-0.2, -0.15) is 0 Å². The van der Waals surface area contributed by atoms with E-state index in [1.165, 1.54) is 11.1 Å². The average Bonchev–Trinajstić information content (AvgIpc) is 3.22. The fourth-order valence-corrected chi connectivity index (χ4v) is 3.54. The Bertz CT molecular complexity index is 558. The Hall–Kier alpha value is -1.11. The normalized spacial score (nSPS) is 30.5. The van der Waals surface area contributed by atoms with E-state index >= 15 is 0 Å². The van der Waals surface area contributed by atoms with E-state index in [-0.39, 0.29) is 17.9 Å². The summed E-state index contributed by atoms with van der Waals surface area (Å²) in [6.07, 6.45) is 2.81. The third-order valence-corrected chi connectivity index (χ3v) is 5.70. The van der Waals surface area contributed by atoms with Crippen LogP contribution in [0.1, 0.15) is 36.4 Å². The third-order valence-electron chi connectivity index (χ3n) is 4.14. The number of likely N-dealkylation sites (N-methyl/N-ethyl adjacent to an activating group) is 1. The molecular weight excluding hydrogens is 379 g/mol. The minimum absolute atomic E-state index is 0.0547. The molecule has 0 amide bonds. The summed E-state index contributed by atoms with van der Waals surface area (Å²) in [6.45, 7) is 2.31. The minimum Gasteiger partial charge on any atom is -0.466 e. The van der Waals surface area contributed by atoms with Gasteiger partial charge in [0.05, 0.1) is 18.9 Å². The van der Waals surface area contributed by atoms with E-state index in [4.69, 9.17) is 4.74 Å². The van der Waals surface area contributed by atoms with Crippen LogP contribution in [0.3, 0.4) is 0 Å². The van der Waals surface area contributed by atoms with Gasteiger partial charge in [0.2, 0.25) is 0 Å². The summed E-state index contributed by atoms with van der Waals surface area (Å²) in [6, 6.07) is 8.75. The van der Waals surface area contributed by atoms with E-state index in [1.54, 1.807) is 0 Å². The first-order chi connectivity index (χ1) is 10.1. The van der Waals surface area contributed by atoms with E-state index in [9.17, 15) is 4.79 Å². The molecule has 1 heterocycles. The van der Waals surface area contributed by atoms with E-state index in [2.05, 4.69) is 56.7 Å². The van der Waals surface area contributed by atoms with Gasteiger partial charge in [0.25, 0.3) is 0 Å². The molecule has 0 bridgehead atoms. The third kappa shape index (κ3) is 2.93. The van der Waals surface area contributed by atoms with Gasteiger partial charge < -0.3 is 9.64 Å². The standard InChI is InChI=1S/C16H19IN2O2/c1-3-21-16(20)13-8-12(13)10-4-6-11(7-5-10)14-15(17)19(2)9-18-14/h4-7,9,12-15H,3,8H2,1-2H3/t12-,13+,14?,15?/m1/s1. The largest absolute Gasteiger partial charge is 0.466 e. The number of carbonyl (C=O) groups is 1. The van der Waals surface area contributed by atoms with Gasteiger partial charge in [0, 0.05) is 7.05 Å². The average molecular weight is 398 g/mol. The number of halogens is 1. The summed E-state index contributed by atoms with van der Waals surface area (Å²) in [4.78, 5) is 18.4. The summed E-state index contributed by atoms with van der Waals surface area (Å²) >= 11 is 2.42. The van der Waals surface area contributed by atoms with Crippen molar-refractivity contribution in [1.29, 1.82) is 0 Å². The van der Waals surface area contributed by atoms with Crippen molar-refractivity contribution in [2.24, 2.45) is 10.9 Å². The number of hydrogen-bond donors (Lipinski definition) is 0. The summed E-state index contributed by atoms with van der Waals surface area (Å²) in [5.41, 5.74) is 2.46. The van der Waals surface area contributed by atoms with Gasteiger partial charge in [-0.25, -0.2) is 0 Å². The van der Waals surface area contributed by atoms with Crippen molar-refractivity contribution in [2.45, 2.75) is 29.4 Å². The van der Waals surface area contributed by atoms with E-state index < -0.39 is 0 Å². The van der Waals surface area contributed by atoms with Gasteiger partial charge in [-0.15, -0.1) is 0 Å². The van der Waals surface area contributed by atoms with Crippen LogP contribution in [0.4, 0.5) is 0 Å². The molecule has 2 aliphatic rings. The molecule has 0 N–H and O–H groups in total. The van der Waals surface area contributed by atoms with Gasteiger partial charge in [0.1, 0.15) is 10.1 Å². The molecule has 4 atom stereocenters. The molecule has 0 spiro atoms. The fraction of sp³-hybridized carbons (Fsp3) is 0.500. The summed E-state index contributed by atoms with van der Waals surface area (Å²) in [7, 11) is 2.04. The Labute approximate surface area is 138 Å². The Morgan fingerprint density at radius 3 is 2.62 bits per heavy atom. The lowest BCUT2D eigenvalue weighted by atomic mass is 10.0. The van der Waals surface area contributed by atoms with Crippen molar-refractivity contribution in [3.05, 3.63) is 35.4 Å². The quantitative estimate of drug-likeness (QED) is 0.339. The topological polar surface area (TPSA) is 41.9 Å². The van der Waals surface area contributed by atoms with Crippen LogP contribution >= 0.6 is 22.6 Å². The first kappa shape index (κ1) is 14.8. The van der Waals surface area contributed by atoms with Crippen LogP contribution in [0.25, 0.3) is 0 Å². The number of benzene rings is 1. The molecule has 0 saturated heterocycles. The number of ether oxygens (including phenoxy) is 1. The lowest BCUT2D eigenvalue weighted by molar-refractivity contribution is -0.144. The van der Waals surface area contributed by atoms with Gasteiger partial charge in [-0.05, 0) is 30.4 Å². The SMILES string of the molecule is CCOC(=O)[C@H]1C[C@@H]1c1ccc(C2N=CN(C)C2I)cc1. The van der Waals surface area contributed by atoms with Crippen molar-refractivity contribution >= 4 is 34.9 Å². The molecule has 2 unspecified atom stereocenters. The maximum absolute atomic E-state index is 11.7. The van der Waals surface area contributed by atoms with Crippen molar-refractivity contribution in [2.75, 3.05) is 13.7 Å². The number of rotatable bonds is 4. The molecule has 0 aromatic heterocycles. The lowest BCUT2D eigenvalue weighted by Gasteiger charge is -2.18. The Morgan fingerprint density at radius 1 is 1.38 bits per heavy atom. The highest BCUT2D eigenvalue weighted by atomic mass is 127. The molecule has 5 heteroatoms. The molecule has 1 saturated carbocycles. The maximum atomic E-state index is 11.7. The van der Waals surface area contributed by atoms with Gasteiger partial charge in [-0.3, -0.25) is 9.79 Å². The predicted octanol–water partition coefficient (Wildman–Crippen LogP) is 3.13. The minimum atomic E-state index is -0.0547. The van der Waals surface area contributed by atoms with Crippen molar-refractivity contribution in [3.8, 4) is 0 Å². The molecule has 3 rings (SSSR count). The zero-order chi connectivity index (χ0) is 15.0. The molecule has 112 valence electrons. The first-order valence-electron chi connectivity index (χ1n) is 7.27. The molecule has 1 aromatic carbocycles. The number of hydrogen-bond acceptors (Lipinski definition) is 4. The Morgan fingerprint density at radius 2 is 2.05 bits per heavy atom. The Balaban J connectivity index is 1.66. The lowest BCUT2D eigenvalue weighted by Crippen LogP contribution is -2.23. The van der Waals surface area contributed by atoms with Gasteiger partial charge in [-0.1, -0.05) is 46.9 Å². The van der Waals surface area contributed by atoms with Crippen molar-refractivity contribution < 1.29 is 9.53 Å². The molecule has 21 heavy (non-hydrogen) atoms.